The van der Waals surface area contributed by atoms with Crippen molar-refractivity contribution < 1.29 is 24.2 Å². The molecule has 114 valence electrons. The molecule has 1 aliphatic rings. The molecule has 0 aliphatic carbocycles. The molecule has 1 fully saturated rings. The molecule has 0 saturated carbocycles. The minimum absolute atomic E-state index is 0.0598. The molecule has 0 radical (unpaired) electrons. The number of piperidine rings is 1. The summed E-state index contributed by atoms with van der Waals surface area (Å²) in [6, 6.07) is 4.66. The van der Waals surface area contributed by atoms with Crippen LogP contribution in [0, 0.1) is 5.92 Å². The second-order valence-corrected chi connectivity index (χ2v) is 5.04. The van der Waals surface area contributed by atoms with Crippen LogP contribution in [0.1, 0.15) is 24.4 Å². The lowest BCUT2D eigenvalue weighted by Gasteiger charge is -2.37. The Morgan fingerprint density at radius 2 is 2.05 bits per heavy atom. The molecule has 6 heteroatoms. The van der Waals surface area contributed by atoms with E-state index < -0.39 is 17.9 Å². The number of likely N-dealkylation sites (tertiary alicyclic amines) is 1. The fourth-order valence-corrected chi connectivity index (χ4v) is 2.78. The van der Waals surface area contributed by atoms with Gasteiger partial charge in [0.25, 0.3) is 0 Å². The maximum absolute atomic E-state index is 11.9. The number of aliphatic carboxylic acids is 1. The molecule has 1 heterocycles. The molecule has 0 bridgehead atoms. The number of carboxylic acids is 1. The zero-order chi connectivity index (χ0) is 15.6. The van der Waals surface area contributed by atoms with Gasteiger partial charge in [-0.05, 0) is 18.6 Å². The van der Waals surface area contributed by atoms with Crippen LogP contribution in [0.4, 0.5) is 0 Å². The van der Waals surface area contributed by atoms with Gasteiger partial charge in [0.15, 0.2) is 0 Å². The first-order valence-corrected chi connectivity index (χ1v) is 6.70. The molecule has 1 N–H and O–H groups in total. The second-order valence-electron chi connectivity index (χ2n) is 5.04. The summed E-state index contributed by atoms with van der Waals surface area (Å²) in [5, 5.41) is 9.43. The van der Waals surface area contributed by atoms with Crippen molar-refractivity contribution in [1.82, 2.24) is 4.90 Å². The SMILES string of the molecule is COc1ccc(C2C(C(=O)O)CCC(=O)N2C)c(OC)c1. The molecule has 2 rings (SSSR count). The van der Waals surface area contributed by atoms with Crippen LogP contribution >= 0.6 is 0 Å². The Morgan fingerprint density at radius 3 is 2.62 bits per heavy atom. The van der Waals surface area contributed by atoms with Gasteiger partial charge in [-0.2, -0.15) is 0 Å². The first-order valence-electron chi connectivity index (χ1n) is 6.70. The topological polar surface area (TPSA) is 76.1 Å². The Bertz CT molecular complexity index is 557. The maximum atomic E-state index is 11.9. The van der Waals surface area contributed by atoms with E-state index in [0.29, 0.717) is 23.5 Å². The van der Waals surface area contributed by atoms with Crippen LogP contribution < -0.4 is 9.47 Å². The monoisotopic (exact) mass is 293 g/mol. The lowest BCUT2D eigenvalue weighted by atomic mass is 9.84. The van der Waals surface area contributed by atoms with Gasteiger partial charge in [0.05, 0.1) is 26.2 Å². The largest absolute Gasteiger partial charge is 0.497 e. The van der Waals surface area contributed by atoms with Gasteiger partial charge in [-0.1, -0.05) is 0 Å². The fourth-order valence-electron chi connectivity index (χ4n) is 2.78. The highest BCUT2D eigenvalue weighted by molar-refractivity contribution is 5.81. The number of amides is 1. The summed E-state index contributed by atoms with van der Waals surface area (Å²) in [5.41, 5.74) is 0.682. The van der Waals surface area contributed by atoms with Gasteiger partial charge in [-0.3, -0.25) is 9.59 Å². The van der Waals surface area contributed by atoms with Crippen molar-refractivity contribution in [1.29, 1.82) is 0 Å². The van der Waals surface area contributed by atoms with E-state index in [2.05, 4.69) is 0 Å². The minimum Gasteiger partial charge on any atom is -0.497 e. The number of hydrogen-bond donors (Lipinski definition) is 1. The average molecular weight is 293 g/mol. The normalized spacial score (nSPS) is 22.0. The van der Waals surface area contributed by atoms with E-state index >= 15 is 0 Å². The van der Waals surface area contributed by atoms with Crippen molar-refractivity contribution in [2.45, 2.75) is 18.9 Å². The maximum Gasteiger partial charge on any atom is 0.308 e. The Morgan fingerprint density at radius 1 is 1.33 bits per heavy atom. The summed E-state index contributed by atoms with van der Waals surface area (Å²) in [6.45, 7) is 0. The fraction of sp³-hybridized carbons (Fsp3) is 0.467. The lowest BCUT2D eigenvalue weighted by molar-refractivity contribution is -0.150. The lowest BCUT2D eigenvalue weighted by Crippen LogP contribution is -2.43. The van der Waals surface area contributed by atoms with Gasteiger partial charge in [0.2, 0.25) is 5.91 Å². The number of rotatable bonds is 4. The van der Waals surface area contributed by atoms with Crippen molar-refractivity contribution in [3.63, 3.8) is 0 Å². The van der Waals surface area contributed by atoms with E-state index in [-0.39, 0.29) is 12.3 Å². The van der Waals surface area contributed by atoms with Crippen LogP contribution in [0.3, 0.4) is 0 Å². The molecule has 1 saturated heterocycles. The molecule has 0 aromatic heterocycles. The van der Waals surface area contributed by atoms with E-state index in [4.69, 9.17) is 9.47 Å². The van der Waals surface area contributed by atoms with Gasteiger partial charge >= 0.3 is 5.97 Å². The third-order valence-corrected chi connectivity index (χ3v) is 3.94. The predicted octanol–water partition coefficient (Wildman–Crippen LogP) is 1.70. The van der Waals surface area contributed by atoms with Crippen molar-refractivity contribution in [2.24, 2.45) is 5.92 Å². The van der Waals surface area contributed by atoms with Crippen molar-refractivity contribution in [3.05, 3.63) is 23.8 Å². The predicted molar refractivity (Wildman–Crippen MR) is 75.4 cm³/mol. The number of carboxylic acid groups (broad SMARTS) is 1. The molecular formula is C15H19NO5. The third-order valence-electron chi connectivity index (χ3n) is 3.94. The zero-order valence-electron chi connectivity index (χ0n) is 12.3. The Labute approximate surface area is 123 Å². The molecule has 1 amide bonds. The van der Waals surface area contributed by atoms with Crippen LogP contribution in [0.5, 0.6) is 11.5 Å². The summed E-state index contributed by atoms with van der Waals surface area (Å²) in [5.74, 6) is -0.470. The highest BCUT2D eigenvalue weighted by atomic mass is 16.5. The molecule has 21 heavy (non-hydrogen) atoms. The van der Waals surface area contributed by atoms with E-state index in [0.717, 1.165) is 0 Å². The van der Waals surface area contributed by atoms with Crippen molar-refractivity contribution >= 4 is 11.9 Å². The number of hydrogen-bond acceptors (Lipinski definition) is 4. The molecule has 2 atom stereocenters. The molecule has 2 unspecified atom stereocenters. The summed E-state index contributed by atoms with van der Waals surface area (Å²) in [7, 11) is 4.69. The number of carbonyl (C=O) groups is 2. The minimum atomic E-state index is -0.905. The molecule has 1 aromatic carbocycles. The van der Waals surface area contributed by atoms with E-state index in [1.54, 1.807) is 32.4 Å². The summed E-state index contributed by atoms with van der Waals surface area (Å²) in [6.07, 6.45) is 0.584. The van der Waals surface area contributed by atoms with Gasteiger partial charge in [-0.15, -0.1) is 0 Å². The first-order chi connectivity index (χ1) is 9.99. The van der Waals surface area contributed by atoms with Crippen LogP contribution in [0.15, 0.2) is 18.2 Å². The van der Waals surface area contributed by atoms with Crippen LogP contribution in [0.2, 0.25) is 0 Å². The van der Waals surface area contributed by atoms with Gasteiger partial charge in [0.1, 0.15) is 11.5 Å². The number of ether oxygens (including phenoxy) is 2. The average Bonchev–Trinajstić information content (AvgIpc) is 2.49. The van der Waals surface area contributed by atoms with Gasteiger partial charge in [-0.25, -0.2) is 0 Å². The smallest absolute Gasteiger partial charge is 0.308 e. The highest BCUT2D eigenvalue weighted by Crippen LogP contribution is 2.41. The third kappa shape index (κ3) is 2.79. The molecule has 0 spiro atoms. The van der Waals surface area contributed by atoms with Crippen molar-refractivity contribution in [2.75, 3.05) is 21.3 Å². The second kappa shape index (κ2) is 6.03. The highest BCUT2D eigenvalue weighted by Gasteiger charge is 2.40. The van der Waals surface area contributed by atoms with E-state index in [9.17, 15) is 14.7 Å². The number of carbonyl (C=O) groups excluding carboxylic acids is 1. The molecule has 6 nitrogen and oxygen atoms in total. The van der Waals surface area contributed by atoms with Crippen LogP contribution in [0.25, 0.3) is 0 Å². The first kappa shape index (κ1) is 15.2. The summed E-state index contributed by atoms with van der Waals surface area (Å²) in [4.78, 5) is 24.9. The van der Waals surface area contributed by atoms with Crippen LogP contribution in [-0.2, 0) is 9.59 Å². The Kier molecular flexibility index (Phi) is 4.35. The van der Waals surface area contributed by atoms with Crippen molar-refractivity contribution in [3.8, 4) is 11.5 Å². The van der Waals surface area contributed by atoms with E-state index in [1.165, 1.54) is 12.0 Å². The molecular weight excluding hydrogens is 274 g/mol. The summed E-state index contributed by atoms with van der Waals surface area (Å²) >= 11 is 0. The zero-order valence-corrected chi connectivity index (χ0v) is 12.3. The quantitative estimate of drug-likeness (QED) is 0.914. The number of benzene rings is 1. The Balaban J connectivity index is 2.49. The van der Waals surface area contributed by atoms with E-state index in [1.807, 2.05) is 0 Å². The number of methoxy groups -OCH3 is 2. The van der Waals surface area contributed by atoms with Gasteiger partial charge in [0, 0.05) is 25.1 Å². The number of nitrogens with zero attached hydrogens (tertiary/aromatic N) is 1. The molecule has 1 aliphatic heterocycles. The molecule has 1 aromatic rings. The summed E-state index contributed by atoms with van der Waals surface area (Å²) < 4.78 is 10.5. The van der Waals surface area contributed by atoms with Gasteiger partial charge < -0.3 is 19.5 Å². The van der Waals surface area contributed by atoms with Crippen LogP contribution in [-0.4, -0.2) is 43.2 Å². The standard InChI is InChI=1S/C15H19NO5/c1-16-13(17)7-6-11(15(18)19)14(16)10-5-4-9(20-2)8-12(10)21-3/h4-5,8,11,14H,6-7H2,1-3H3,(H,18,19). The Hall–Kier alpha value is -2.24.